The van der Waals surface area contributed by atoms with E-state index < -0.39 is 0 Å². The molecule has 1 aromatic carbocycles. The molecular formula is C17H25NO2. The van der Waals surface area contributed by atoms with Crippen LogP contribution in [-0.4, -0.2) is 23.4 Å². The Morgan fingerprint density at radius 3 is 2.60 bits per heavy atom. The predicted octanol–water partition coefficient (Wildman–Crippen LogP) is 4.24. The maximum absolute atomic E-state index is 5.87. The average molecular weight is 275 g/mol. The van der Waals surface area contributed by atoms with E-state index in [1.54, 1.807) is 7.11 Å². The normalized spacial score (nSPS) is 12.3. The summed E-state index contributed by atoms with van der Waals surface area (Å²) in [6.07, 6.45) is 3.29. The number of fused-ring (bicyclic) bond motifs is 1. The van der Waals surface area contributed by atoms with Crippen LogP contribution in [0.15, 0.2) is 30.5 Å². The summed E-state index contributed by atoms with van der Waals surface area (Å²) in [5.74, 6) is 0.960. The van der Waals surface area contributed by atoms with Crippen LogP contribution in [0.25, 0.3) is 10.9 Å². The summed E-state index contributed by atoms with van der Waals surface area (Å²) in [7, 11) is 1.77. The third-order valence-electron chi connectivity index (χ3n) is 3.64. The van der Waals surface area contributed by atoms with Gasteiger partial charge in [-0.05, 0) is 52.3 Å². The molecule has 2 rings (SSSR count). The lowest BCUT2D eigenvalue weighted by molar-refractivity contribution is 0.0123. The zero-order chi connectivity index (χ0) is 14.8. The molecule has 0 radical (unpaired) electrons. The van der Waals surface area contributed by atoms with Gasteiger partial charge in [-0.25, -0.2) is 0 Å². The second-order valence-electron chi connectivity index (χ2n) is 6.08. The Labute approximate surface area is 121 Å². The fourth-order valence-electron chi connectivity index (χ4n) is 2.24. The molecule has 0 aliphatic heterocycles. The largest absolute Gasteiger partial charge is 0.490 e. The lowest BCUT2D eigenvalue weighted by atomic mass is 10.1. The van der Waals surface area contributed by atoms with Crippen LogP contribution in [0.4, 0.5) is 0 Å². The van der Waals surface area contributed by atoms with Gasteiger partial charge in [0.1, 0.15) is 5.75 Å². The lowest BCUT2D eigenvalue weighted by Crippen LogP contribution is -2.24. The molecule has 0 unspecified atom stereocenters. The van der Waals surface area contributed by atoms with Gasteiger partial charge in [0.05, 0.1) is 17.2 Å². The number of aromatic nitrogens is 1. The van der Waals surface area contributed by atoms with E-state index in [1.165, 1.54) is 10.9 Å². The van der Waals surface area contributed by atoms with Gasteiger partial charge < -0.3 is 14.0 Å². The molecule has 2 aromatic rings. The van der Waals surface area contributed by atoms with Crippen LogP contribution in [0.1, 0.15) is 34.1 Å². The smallest absolute Gasteiger partial charge is 0.129 e. The maximum Gasteiger partial charge on any atom is 0.129 e. The molecule has 0 saturated heterocycles. The zero-order valence-electron chi connectivity index (χ0n) is 13.1. The molecule has 0 N–H and O–H groups in total. The van der Waals surface area contributed by atoms with Gasteiger partial charge >= 0.3 is 0 Å². The summed E-state index contributed by atoms with van der Waals surface area (Å²) in [6.45, 7) is 9.28. The van der Waals surface area contributed by atoms with E-state index in [1.807, 2.05) is 6.07 Å². The molecular weight excluding hydrogens is 250 g/mol. The Bertz CT molecular complexity index is 569. The molecule has 0 saturated carbocycles. The molecule has 0 aliphatic carbocycles. The van der Waals surface area contributed by atoms with Crippen LogP contribution in [0.3, 0.4) is 0 Å². The van der Waals surface area contributed by atoms with Crippen LogP contribution >= 0.6 is 0 Å². The Morgan fingerprint density at radius 1 is 1.20 bits per heavy atom. The van der Waals surface area contributed by atoms with E-state index in [-0.39, 0.29) is 11.7 Å². The molecule has 0 atom stereocenters. The molecule has 1 aromatic heterocycles. The molecule has 0 bridgehead atoms. The lowest BCUT2D eigenvalue weighted by Gasteiger charge is -2.23. The fraction of sp³-hybridized carbons (Fsp3) is 0.529. The Morgan fingerprint density at radius 2 is 1.95 bits per heavy atom. The third kappa shape index (κ3) is 3.34. The molecule has 0 amide bonds. The molecule has 3 nitrogen and oxygen atoms in total. The van der Waals surface area contributed by atoms with Crippen LogP contribution in [0.5, 0.6) is 5.75 Å². The first-order valence-corrected chi connectivity index (χ1v) is 7.22. The van der Waals surface area contributed by atoms with Crippen molar-refractivity contribution in [3.05, 3.63) is 30.5 Å². The molecule has 1 heterocycles. The van der Waals surface area contributed by atoms with Gasteiger partial charge in [0, 0.05) is 25.2 Å². The quantitative estimate of drug-likeness (QED) is 0.787. The van der Waals surface area contributed by atoms with E-state index >= 15 is 0 Å². The molecule has 0 aliphatic rings. The second-order valence-corrected chi connectivity index (χ2v) is 6.08. The number of benzene rings is 1. The third-order valence-corrected chi connectivity index (χ3v) is 3.64. The van der Waals surface area contributed by atoms with Crippen molar-refractivity contribution < 1.29 is 9.47 Å². The van der Waals surface area contributed by atoms with Crippen molar-refractivity contribution in [2.45, 2.75) is 52.4 Å². The van der Waals surface area contributed by atoms with Gasteiger partial charge in [-0.1, -0.05) is 6.07 Å². The van der Waals surface area contributed by atoms with Crippen molar-refractivity contribution in [1.82, 2.24) is 4.57 Å². The predicted molar refractivity (Wildman–Crippen MR) is 83.4 cm³/mol. The van der Waals surface area contributed by atoms with Gasteiger partial charge in [0.15, 0.2) is 0 Å². The van der Waals surface area contributed by atoms with Gasteiger partial charge in [-0.3, -0.25) is 0 Å². The van der Waals surface area contributed by atoms with Crippen LogP contribution in [0, 0.1) is 0 Å². The highest BCUT2D eigenvalue weighted by Gasteiger charge is 2.16. The van der Waals surface area contributed by atoms with Gasteiger partial charge in [-0.2, -0.15) is 0 Å². The minimum Gasteiger partial charge on any atom is -0.490 e. The molecule has 3 heteroatoms. The highest BCUT2D eigenvalue weighted by Crippen LogP contribution is 2.28. The fourth-order valence-corrected chi connectivity index (χ4v) is 2.24. The minimum absolute atomic E-state index is 0.0946. The van der Waals surface area contributed by atoms with Gasteiger partial charge in [0.25, 0.3) is 0 Å². The van der Waals surface area contributed by atoms with Crippen molar-refractivity contribution >= 4 is 10.9 Å². The first-order valence-electron chi connectivity index (χ1n) is 7.22. The summed E-state index contributed by atoms with van der Waals surface area (Å²) in [5.41, 5.74) is 1.12. The van der Waals surface area contributed by atoms with Crippen molar-refractivity contribution in [2.24, 2.45) is 0 Å². The average Bonchev–Trinajstić information content (AvgIpc) is 2.80. The summed E-state index contributed by atoms with van der Waals surface area (Å²) in [6, 6.07) is 8.36. The van der Waals surface area contributed by atoms with E-state index in [0.717, 1.165) is 18.7 Å². The Hall–Kier alpha value is -1.48. The summed E-state index contributed by atoms with van der Waals surface area (Å²) in [4.78, 5) is 0. The number of nitrogens with zero attached hydrogens (tertiary/aromatic N) is 1. The summed E-state index contributed by atoms with van der Waals surface area (Å²) in [5, 5.41) is 1.18. The van der Waals surface area contributed by atoms with Crippen molar-refractivity contribution in [3.63, 3.8) is 0 Å². The van der Waals surface area contributed by atoms with Crippen molar-refractivity contribution in [2.75, 3.05) is 7.11 Å². The summed E-state index contributed by atoms with van der Waals surface area (Å²) < 4.78 is 13.6. The number of ether oxygens (including phenoxy) is 2. The molecule has 0 fully saturated rings. The number of hydrogen-bond donors (Lipinski definition) is 0. The van der Waals surface area contributed by atoms with E-state index in [0.29, 0.717) is 0 Å². The maximum atomic E-state index is 5.87. The van der Waals surface area contributed by atoms with Gasteiger partial charge in [0.2, 0.25) is 0 Å². The minimum atomic E-state index is -0.0946. The molecule has 110 valence electrons. The van der Waals surface area contributed by atoms with E-state index in [4.69, 9.17) is 9.47 Å². The SMILES string of the molecule is COC(C)(C)CCn1ccc2c(OC(C)C)cccc21. The first kappa shape index (κ1) is 14.9. The topological polar surface area (TPSA) is 23.4 Å². The van der Waals surface area contributed by atoms with E-state index in [9.17, 15) is 0 Å². The van der Waals surface area contributed by atoms with E-state index in [2.05, 4.69) is 56.7 Å². The number of methoxy groups -OCH3 is 1. The van der Waals surface area contributed by atoms with Crippen LogP contribution in [-0.2, 0) is 11.3 Å². The highest BCUT2D eigenvalue weighted by molar-refractivity contribution is 5.86. The monoisotopic (exact) mass is 275 g/mol. The number of rotatable bonds is 6. The first-order chi connectivity index (χ1) is 9.43. The zero-order valence-corrected chi connectivity index (χ0v) is 13.1. The van der Waals surface area contributed by atoms with Crippen molar-refractivity contribution in [1.29, 1.82) is 0 Å². The van der Waals surface area contributed by atoms with Crippen molar-refractivity contribution in [3.8, 4) is 5.75 Å². The highest BCUT2D eigenvalue weighted by atomic mass is 16.5. The summed E-state index contributed by atoms with van der Waals surface area (Å²) >= 11 is 0. The van der Waals surface area contributed by atoms with Crippen LogP contribution in [0.2, 0.25) is 0 Å². The number of aryl methyl sites for hydroxylation is 1. The molecule has 0 spiro atoms. The molecule has 20 heavy (non-hydrogen) atoms. The second kappa shape index (κ2) is 5.88. The van der Waals surface area contributed by atoms with Crippen LogP contribution < -0.4 is 4.74 Å². The van der Waals surface area contributed by atoms with Gasteiger partial charge in [-0.15, -0.1) is 0 Å². The Kier molecular flexibility index (Phi) is 4.39. The standard InChI is InChI=1S/C17H25NO2/c1-13(2)20-16-8-6-7-15-14(16)9-11-18(15)12-10-17(3,4)19-5/h6-9,11,13H,10,12H2,1-5H3. The Balaban J connectivity index is 2.24. The number of hydrogen-bond acceptors (Lipinski definition) is 2.